The fourth-order valence-corrected chi connectivity index (χ4v) is 2.96. The molecule has 5 heteroatoms. The molecule has 1 fully saturated rings. The fourth-order valence-electron chi connectivity index (χ4n) is 2.96. The van der Waals surface area contributed by atoms with E-state index < -0.39 is 10.7 Å². The van der Waals surface area contributed by atoms with Crippen molar-refractivity contribution in [2.24, 2.45) is 11.8 Å². The minimum atomic E-state index is -0.578. The highest BCUT2D eigenvalue weighted by atomic mass is 19.1. The second-order valence-electron chi connectivity index (χ2n) is 5.93. The minimum Gasteiger partial charge on any atom is -0.377 e. The van der Waals surface area contributed by atoms with Gasteiger partial charge in [0.15, 0.2) is 0 Å². The minimum absolute atomic E-state index is 0.184. The standard InChI is InChI=1S/C15H21FN2O2/c1-10(2)11-4-3-5-13(8-11)17-14-7-6-12(16)9-15(14)18(19)20/h6-7,9-11,13,17H,3-5,8H2,1-2H3. The second kappa shape index (κ2) is 6.20. The Morgan fingerprint density at radius 3 is 2.80 bits per heavy atom. The van der Waals surface area contributed by atoms with E-state index in [-0.39, 0.29) is 11.7 Å². The van der Waals surface area contributed by atoms with Crippen LogP contribution in [-0.4, -0.2) is 11.0 Å². The lowest BCUT2D eigenvalue weighted by Gasteiger charge is -2.32. The molecule has 0 bridgehead atoms. The van der Waals surface area contributed by atoms with Crippen molar-refractivity contribution in [2.45, 2.75) is 45.6 Å². The third-order valence-electron chi connectivity index (χ3n) is 4.17. The molecule has 1 aromatic rings. The van der Waals surface area contributed by atoms with Crippen LogP contribution in [-0.2, 0) is 0 Å². The predicted molar refractivity (Wildman–Crippen MR) is 77.3 cm³/mol. The van der Waals surface area contributed by atoms with E-state index in [4.69, 9.17) is 0 Å². The number of anilines is 1. The van der Waals surface area contributed by atoms with Crippen LogP contribution in [0.1, 0.15) is 39.5 Å². The Labute approximate surface area is 118 Å². The first kappa shape index (κ1) is 14.8. The Hall–Kier alpha value is -1.65. The van der Waals surface area contributed by atoms with Gasteiger partial charge in [-0.25, -0.2) is 4.39 Å². The molecule has 0 aliphatic heterocycles. The first-order valence-electron chi connectivity index (χ1n) is 7.18. The number of hydrogen-bond acceptors (Lipinski definition) is 3. The summed E-state index contributed by atoms with van der Waals surface area (Å²) in [6.07, 6.45) is 4.39. The SMILES string of the molecule is CC(C)C1CCCC(Nc2ccc(F)cc2[N+](=O)[O-])C1. The summed E-state index contributed by atoms with van der Waals surface area (Å²) in [7, 11) is 0. The Morgan fingerprint density at radius 1 is 1.40 bits per heavy atom. The number of nitro groups is 1. The molecule has 1 N–H and O–H groups in total. The summed E-state index contributed by atoms with van der Waals surface area (Å²) in [6, 6.07) is 3.94. The second-order valence-corrected chi connectivity index (χ2v) is 5.93. The average Bonchev–Trinajstić information content (AvgIpc) is 2.41. The van der Waals surface area contributed by atoms with Gasteiger partial charge in [-0.05, 0) is 36.8 Å². The van der Waals surface area contributed by atoms with Crippen molar-refractivity contribution < 1.29 is 9.31 Å². The van der Waals surface area contributed by atoms with Gasteiger partial charge in [0.05, 0.1) is 11.0 Å². The highest BCUT2D eigenvalue weighted by Crippen LogP contribution is 2.33. The zero-order valence-corrected chi connectivity index (χ0v) is 11.9. The monoisotopic (exact) mass is 280 g/mol. The summed E-state index contributed by atoms with van der Waals surface area (Å²) in [4.78, 5) is 10.5. The lowest BCUT2D eigenvalue weighted by atomic mass is 9.79. The van der Waals surface area contributed by atoms with E-state index in [1.165, 1.54) is 18.6 Å². The molecule has 0 spiro atoms. The Bertz CT molecular complexity index is 491. The quantitative estimate of drug-likeness (QED) is 0.658. The van der Waals surface area contributed by atoms with E-state index >= 15 is 0 Å². The molecule has 20 heavy (non-hydrogen) atoms. The molecule has 4 nitrogen and oxygen atoms in total. The Balaban J connectivity index is 2.11. The molecule has 0 saturated heterocycles. The molecule has 1 aliphatic rings. The summed E-state index contributed by atoms with van der Waals surface area (Å²) in [5.41, 5.74) is 0.238. The van der Waals surface area contributed by atoms with Gasteiger partial charge in [0, 0.05) is 6.04 Å². The van der Waals surface area contributed by atoms with Crippen LogP contribution in [0, 0.1) is 27.8 Å². The molecule has 110 valence electrons. The third kappa shape index (κ3) is 3.46. The highest BCUT2D eigenvalue weighted by molar-refractivity contribution is 5.61. The van der Waals surface area contributed by atoms with E-state index in [0.717, 1.165) is 25.3 Å². The zero-order chi connectivity index (χ0) is 14.7. The lowest BCUT2D eigenvalue weighted by molar-refractivity contribution is -0.384. The molecular formula is C15H21FN2O2. The van der Waals surface area contributed by atoms with E-state index in [1.807, 2.05) is 0 Å². The van der Waals surface area contributed by atoms with E-state index in [1.54, 1.807) is 0 Å². The lowest BCUT2D eigenvalue weighted by Crippen LogP contribution is -2.29. The number of nitrogens with one attached hydrogen (secondary N) is 1. The first-order chi connectivity index (χ1) is 9.47. The van der Waals surface area contributed by atoms with Crippen LogP contribution in [0.4, 0.5) is 15.8 Å². The Kier molecular flexibility index (Phi) is 4.57. The van der Waals surface area contributed by atoms with Gasteiger partial charge in [0.2, 0.25) is 0 Å². The number of hydrogen-bond donors (Lipinski definition) is 1. The van der Waals surface area contributed by atoms with E-state index in [9.17, 15) is 14.5 Å². The van der Waals surface area contributed by atoms with Gasteiger partial charge in [0.25, 0.3) is 5.69 Å². The molecule has 2 unspecified atom stereocenters. The molecule has 1 aliphatic carbocycles. The van der Waals surface area contributed by atoms with Gasteiger partial charge in [-0.3, -0.25) is 10.1 Å². The van der Waals surface area contributed by atoms with Gasteiger partial charge in [-0.15, -0.1) is 0 Å². The maximum atomic E-state index is 13.1. The van der Waals surface area contributed by atoms with Crippen molar-refractivity contribution in [3.63, 3.8) is 0 Å². The van der Waals surface area contributed by atoms with Crippen LogP contribution in [0.15, 0.2) is 18.2 Å². The van der Waals surface area contributed by atoms with Gasteiger partial charge < -0.3 is 5.32 Å². The molecule has 2 rings (SSSR count). The Morgan fingerprint density at radius 2 is 2.15 bits per heavy atom. The molecule has 0 radical (unpaired) electrons. The molecule has 2 atom stereocenters. The number of rotatable bonds is 4. The number of nitro benzene ring substituents is 1. The van der Waals surface area contributed by atoms with Crippen molar-refractivity contribution in [2.75, 3.05) is 5.32 Å². The summed E-state index contributed by atoms with van der Waals surface area (Å²) >= 11 is 0. The summed E-state index contributed by atoms with van der Waals surface area (Å²) in [5.74, 6) is 0.703. The first-order valence-corrected chi connectivity index (χ1v) is 7.18. The number of nitrogens with zero attached hydrogens (tertiary/aromatic N) is 1. The molecule has 1 saturated carbocycles. The van der Waals surface area contributed by atoms with Gasteiger partial charge >= 0.3 is 0 Å². The van der Waals surface area contributed by atoms with Crippen molar-refractivity contribution in [3.05, 3.63) is 34.1 Å². The number of halogens is 1. The van der Waals surface area contributed by atoms with Gasteiger partial charge in [-0.1, -0.05) is 26.7 Å². The summed E-state index contributed by atoms with van der Waals surface area (Å²) in [6.45, 7) is 4.43. The van der Waals surface area contributed by atoms with Crippen LogP contribution in [0.3, 0.4) is 0 Å². The predicted octanol–water partition coefficient (Wildman–Crippen LogP) is 4.36. The van der Waals surface area contributed by atoms with Crippen molar-refractivity contribution >= 4 is 11.4 Å². The largest absolute Gasteiger partial charge is 0.377 e. The van der Waals surface area contributed by atoms with Crippen LogP contribution < -0.4 is 5.32 Å². The molecular weight excluding hydrogens is 259 g/mol. The van der Waals surface area contributed by atoms with Crippen LogP contribution in [0.2, 0.25) is 0 Å². The average molecular weight is 280 g/mol. The molecule has 1 aromatic carbocycles. The smallest absolute Gasteiger partial charge is 0.295 e. The number of benzene rings is 1. The topological polar surface area (TPSA) is 55.2 Å². The highest BCUT2D eigenvalue weighted by Gasteiger charge is 2.26. The van der Waals surface area contributed by atoms with Crippen LogP contribution in [0.25, 0.3) is 0 Å². The molecule has 0 amide bonds. The van der Waals surface area contributed by atoms with Crippen molar-refractivity contribution in [3.8, 4) is 0 Å². The third-order valence-corrected chi connectivity index (χ3v) is 4.17. The normalized spacial score (nSPS) is 22.8. The summed E-state index contributed by atoms with van der Waals surface area (Å²) < 4.78 is 13.1. The van der Waals surface area contributed by atoms with Crippen molar-refractivity contribution in [1.82, 2.24) is 0 Å². The van der Waals surface area contributed by atoms with Gasteiger partial charge in [-0.2, -0.15) is 0 Å². The van der Waals surface area contributed by atoms with Crippen LogP contribution >= 0.6 is 0 Å². The van der Waals surface area contributed by atoms with Crippen molar-refractivity contribution in [1.29, 1.82) is 0 Å². The zero-order valence-electron chi connectivity index (χ0n) is 11.9. The summed E-state index contributed by atoms with van der Waals surface area (Å²) in [5, 5.41) is 14.2. The fraction of sp³-hybridized carbons (Fsp3) is 0.600. The maximum Gasteiger partial charge on any atom is 0.295 e. The maximum absolute atomic E-state index is 13.1. The van der Waals surface area contributed by atoms with Crippen LogP contribution in [0.5, 0.6) is 0 Å². The molecule has 0 aromatic heterocycles. The molecule has 0 heterocycles. The van der Waals surface area contributed by atoms with E-state index in [2.05, 4.69) is 19.2 Å². The van der Waals surface area contributed by atoms with Gasteiger partial charge in [0.1, 0.15) is 11.5 Å². The van der Waals surface area contributed by atoms with E-state index in [0.29, 0.717) is 17.5 Å².